The number of hydrogen-bond donors (Lipinski definition) is 0. The lowest BCUT2D eigenvalue weighted by molar-refractivity contribution is -0.143. The number of thiophene rings is 1. The molecule has 0 bridgehead atoms. The lowest BCUT2D eigenvalue weighted by atomic mass is 9.85. The summed E-state index contributed by atoms with van der Waals surface area (Å²) in [4.78, 5) is 30.9. The van der Waals surface area contributed by atoms with Crippen molar-refractivity contribution in [2.75, 3.05) is 7.11 Å². The number of fused-ring (bicyclic) bond motifs is 1. The number of carbonyl (C=O) groups is 2. The normalized spacial score (nSPS) is 18.6. The summed E-state index contributed by atoms with van der Waals surface area (Å²) in [6.45, 7) is 0. The third-order valence-electron chi connectivity index (χ3n) is 4.58. The molecule has 0 spiro atoms. The maximum Gasteiger partial charge on any atom is 0.317 e. The van der Waals surface area contributed by atoms with Crippen LogP contribution in [-0.4, -0.2) is 23.8 Å². The molecule has 4 nitrogen and oxygen atoms in total. The molecule has 3 aromatic rings. The van der Waals surface area contributed by atoms with E-state index >= 15 is 0 Å². The molecule has 1 aliphatic carbocycles. The molecule has 0 saturated carbocycles. The van der Waals surface area contributed by atoms with Gasteiger partial charge in [-0.1, -0.05) is 23.7 Å². The van der Waals surface area contributed by atoms with Gasteiger partial charge < -0.3 is 4.74 Å². The largest absolute Gasteiger partial charge is 0.468 e. The molecular formula is C20H14ClNO3S. The van der Waals surface area contributed by atoms with Gasteiger partial charge in [0.2, 0.25) is 0 Å². The second-order valence-electron chi connectivity index (χ2n) is 6.03. The summed E-state index contributed by atoms with van der Waals surface area (Å²) in [5.41, 5.74) is 2.73. The van der Waals surface area contributed by atoms with E-state index in [0.29, 0.717) is 9.90 Å². The fourth-order valence-electron chi connectivity index (χ4n) is 3.37. The molecule has 0 amide bonds. The number of rotatable bonds is 3. The molecule has 2 atom stereocenters. The standard InChI is InChI=1S/C20H14ClNO3S/c1-25-20(24)17-16(12-2-4-13(21)5-3-12)14-10-15(26-19(14)18(17)23)11-6-8-22-9-7-11/h2-10,16-17H,1H3. The van der Waals surface area contributed by atoms with Crippen LogP contribution in [0.2, 0.25) is 5.02 Å². The van der Waals surface area contributed by atoms with Crippen molar-refractivity contribution in [1.29, 1.82) is 0 Å². The molecule has 4 rings (SSSR count). The van der Waals surface area contributed by atoms with Crippen LogP contribution >= 0.6 is 22.9 Å². The highest BCUT2D eigenvalue weighted by atomic mass is 35.5. The van der Waals surface area contributed by atoms with Gasteiger partial charge in [0.15, 0.2) is 5.78 Å². The summed E-state index contributed by atoms with van der Waals surface area (Å²) in [6, 6.07) is 13.1. The second kappa shape index (κ2) is 6.67. The molecule has 0 N–H and O–H groups in total. The summed E-state index contributed by atoms with van der Waals surface area (Å²) in [5.74, 6) is -1.91. The van der Waals surface area contributed by atoms with Gasteiger partial charge in [-0.2, -0.15) is 0 Å². The van der Waals surface area contributed by atoms with E-state index in [1.165, 1.54) is 18.4 Å². The third kappa shape index (κ3) is 2.73. The van der Waals surface area contributed by atoms with Crippen LogP contribution < -0.4 is 0 Å². The monoisotopic (exact) mass is 383 g/mol. The van der Waals surface area contributed by atoms with Gasteiger partial charge in [0, 0.05) is 28.2 Å². The van der Waals surface area contributed by atoms with Gasteiger partial charge in [-0.05, 0) is 47.0 Å². The highest BCUT2D eigenvalue weighted by molar-refractivity contribution is 7.17. The van der Waals surface area contributed by atoms with Crippen LogP contribution in [0.25, 0.3) is 10.4 Å². The Morgan fingerprint density at radius 2 is 1.85 bits per heavy atom. The van der Waals surface area contributed by atoms with Crippen molar-refractivity contribution in [3.05, 3.63) is 75.9 Å². The maximum atomic E-state index is 13.0. The maximum absolute atomic E-state index is 13.0. The van der Waals surface area contributed by atoms with Crippen LogP contribution in [0.4, 0.5) is 0 Å². The van der Waals surface area contributed by atoms with Crippen molar-refractivity contribution in [2.45, 2.75) is 5.92 Å². The number of ether oxygens (including phenoxy) is 1. The van der Waals surface area contributed by atoms with Crippen LogP contribution in [0.15, 0.2) is 54.9 Å². The van der Waals surface area contributed by atoms with Crippen molar-refractivity contribution < 1.29 is 14.3 Å². The lowest BCUT2D eigenvalue weighted by Crippen LogP contribution is -2.26. The number of esters is 1. The Morgan fingerprint density at radius 3 is 2.50 bits per heavy atom. The Kier molecular flexibility index (Phi) is 4.34. The molecule has 0 fully saturated rings. The van der Waals surface area contributed by atoms with E-state index in [1.807, 2.05) is 30.3 Å². The number of ketones is 1. The minimum Gasteiger partial charge on any atom is -0.468 e. The van der Waals surface area contributed by atoms with Crippen LogP contribution in [0.3, 0.4) is 0 Å². The van der Waals surface area contributed by atoms with Crippen molar-refractivity contribution in [2.24, 2.45) is 5.92 Å². The molecule has 1 aromatic carbocycles. The van der Waals surface area contributed by atoms with Crippen LogP contribution in [-0.2, 0) is 9.53 Å². The molecule has 2 heterocycles. The quantitative estimate of drug-likeness (QED) is 0.490. The van der Waals surface area contributed by atoms with E-state index in [0.717, 1.165) is 21.6 Å². The SMILES string of the molecule is COC(=O)C1C(=O)c2sc(-c3ccncc3)cc2C1c1ccc(Cl)cc1. The summed E-state index contributed by atoms with van der Waals surface area (Å²) in [6.07, 6.45) is 3.44. The van der Waals surface area contributed by atoms with Crippen LogP contribution in [0.1, 0.15) is 26.7 Å². The summed E-state index contributed by atoms with van der Waals surface area (Å²) in [7, 11) is 1.31. The number of halogens is 1. The summed E-state index contributed by atoms with van der Waals surface area (Å²) >= 11 is 7.40. The van der Waals surface area contributed by atoms with Gasteiger partial charge in [-0.25, -0.2) is 0 Å². The van der Waals surface area contributed by atoms with E-state index in [-0.39, 0.29) is 11.7 Å². The van der Waals surface area contributed by atoms with Crippen LogP contribution in [0.5, 0.6) is 0 Å². The Labute approximate surface area is 159 Å². The van der Waals surface area contributed by atoms with Gasteiger partial charge in [-0.15, -0.1) is 11.3 Å². The van der Waals surface area contributed by atoms with Gasteiger partial charge in [0.25, 0.3) is 0 Å². The first-order valence-electron chi connectivity index (χ1n) is 8.02. The number of Topliss-reactive ketones (excluding diaryl/α,β-unsaturated/α-hetero) is 1. The average molecular weight is 384 g/mol. The summed E-state index contributed by atoms with van der Waals surface area (Å²) < 4.78 is 4.91. The number of aromatic nitrogens is 1. The van der Waals surface area contributed by atoms with E-state index in [1.54, 1.807) is 24.5 Å². The van der Waals surface area contributed by atoms with Crippen LogP contribution in [0, 0.1) is 5.92 Å². The van der Waals surface area contributed by atoms with Crippen molar-refractivity contribution in [1.82, 2.24) is 4.98 Å². The number of pyridine rings is 1. The Bertz CT molecular complexity index is 982. The predicted molar refractivity (Wildman–Crippen MR) is 101 cm³/mol. The van der Waals surface area contributed by atoms with Gasteiger partial charge in [0.1, 0.15) is 5.92 Å². The number of methoxy groups -OCH3 is 1. The van der Waals surface area contributed by atoms with Crippen molar-refractivity contribution >= 4 is 34.7 Å². The zero-order valence-corrected chi connectivity index (χ0v) is 15.4. The first-order valence-corrected chi connectivity index (χ1v) is 9.21. The Balaban J connectivity index is 1.85. The highest BCUT2D eigenvalue weighted by Crippen LogP contribution is 2.48. The molecular weight excluding hydrogens is 370 g/mol. The topological polar surface area (TPSA) is 56.3 Å². The fraction of sp³-hybridized carbons (Fsp3) is 0.150. The van der Waals surface area contributed by atoms with Gasteiger partial charge in [-0.3, -0.25) is 14.6 Å². The van der Waals surface area contributed by atoms with E-state index < -0.39 is 11.9 Å². The van der Waals surface area contributed by atoms with E-state index in [9.17, 15) is 9.59 Å². The molecule has 130 valence electrons. The smallest absolute Gasteiger partial charge is 0.317 e. The fourth-order valence-corrected chi connectivity index (χ4v) is 4.69. The molecule has 0 radical (unpaired) electrons. The highest BCUT2D eigenvalue weighted by Gasteiger charge is 2.47. The number of carbonyl (C=O) groups excluding carboxylic acids is 2. The predicted octanol–water partition coefficient (Wildman–Crippen LogP) is 4.58. The Morgan fingerprint density at radius 1 is 1.15 bits per heavy atom. The second-order valence-corrected chi connectivity index (χ2v) is 7.51. The lowest BCUT2D eigenvalue weighted by Gasteiger charge is -2.18. The minimum atomic E-state index is -0.853. The third-order valence-corrected chi connectivity index (χ3v) is 6.05. The molecule has 26 heavy (non-hydrogen) atoms. The first-order chi connectivity index (χ1) is 12.6. The van der Waals surface area contributed by atoms with E-state index in [4.69, 9.17) is 16.3 Å². The van der Waals surface area contributed by atoms with E-state index in [2.05, 4.69) is 4.98 Å². The number of benzene rings is 1. The molecule has 6 heteroatoms. The first kappa shape index (κ1) is 16.9. The number of hydrogen-bond acceptors (Lipinski definition) is 5. The van der Waals surface area contributed by atoms with Gasteiger partial charge in [0.05, 0.1) is 12.0 Å². The van der Waals surface area contributed by atoms with Crippen molar-refractivity contribution in [3.8, 4) is 10.4 Å². The average Bonchev–Trinajstić information content (AvgIpc) is 3.21. The molecule has 0 aliphatic heterocycles. The Hall–Kier alpha value is -2.50. The summed E-state index contributed by atoms with van der Waals surface area (Å²) in [5, 5.41) is 0.607. The zero-order valence-electron chi connectivity index (χ0n) is 13.8. The molecule has 2 unspecified atom stereocenters. The number of nitrogens with zero attached hydrogens (tertiary/aromatic N) is 1. The molecule has 1 aliphatic rings. The van der Waals surface area contributed by atoms with Crippen molar-refractivity contribution in [3.63, 3.8) is 0 Å². The minimum absolute atomic E-state index is 0.183. The van der Waals surface area contributed by atoms with Gasteiger partial charge >= 0.3 is 5.97 Å². The zero-order chi connectivity index (χ0) is 18.3. The molecule has 2 aromatic heterocycles. The molecule has 0 saturated heterocycles.